The maximum absolute atomic E-state index is 4.74. The van der Waals surface area contributed by atoms with E-state index >= 15 is 0 Å². The van der Waals surface area contributed by atoms with Crippen LogP contribution >= 0.6 is 11.3 Å². The van der Waals surface area contributed by atoms with Crippen molar-refractivity contribution in [3.05, 3.63) is 15.6 Å². The number of nitrogens with zero attached hydrogens (tertiary/aromatic N) is 1. The molecule has 0 unspecified atom stereocenters. The molecular weight excluding hydrogens is 240 g/mol. The molecule has 18 heavy (non-hydrogen) atoms. The minimum absolute atomic E-state index is 0.473. The summed E-state index contributed by atoms with van der Waals surface area (Å²) >= 11 is 1.90. The van der Waals surface area contributed by atoms with Gasteiger partial charge in [-0.1, -0.05) is 26.7 Å². The van der Waals surface area contributed by atoms with Gasteiger partial charge in [0.1, 0.15) is 0 Å². The number of hydrogen-bond donors (Lipinski definition) is 1. The summed E-state index contributed by atoms with van der Waals surface area (Å²) in [6, 6.07) is 0.585. The molecule has 1 N–H and O–H groups in total. The summed E-state index contributed by atoms with van der Waals surface area (Å²) in [6.07, 6.45) is 6.69. The molecule has 0 radical (unpaired) electrons. The highest BCUT2D eigenvalue weighted by Crippen LogP contribution is 2.41. The standard InChI is InChI=1S/C15H26N2S/c1-11(2)16-10-15(7-5-6-8-15)9-14-17-12(3)13(4)18-14/h11,16H,5-10H2,1-4H3. The van der Waals surface area contributed by atoms with Crippen molar-refractivity contribution in [1.29, 1.82) is 0 Å². The minimum atomic E-state index is 0.473. The van der Waals surface area contributed by atoms with Crippen LogP contribution in [0.2, 0.25) is 0 Å². The first kappa shape index (κ1) is 14.0. The molecule has 0 amide bonds. The normalized spacial score (nSPS) is 18.7. The summed E-state index contributed by atoms with van der Waals surface area (Å²) in [5.74, 6) is 0. The SMILES string of the molecule is Cc1nc(CC2(CNC(C)C)CCCC2)sc1C. The van der Waals surface area contributed by atoms with E-state index in [9.17, 15) is 0 Å². The van der Waals surface area contributed by atoms with Crippen LogP contribution in [0.5, 0.6) is 0 Å². The number of aryl methyl sites for hydroxylation is 2. The molecule has 0 atom stereocenters. The van der Waals surface area contributed by atoms with E-state index < -0.39 is 0 Å². The lowest BCUT2D eigenvalue weighted by Crippen LogP contribution is -2.37. The van der Waals surface area contributed by atoms with Crippen LogP contribution in [0.4, 0.5) is 0 Å². The highest BCUT2D eigenvalue weighted by atomic mass is 32.1. The summed E-state index contributed by atoms with van der Waals surface area (Å²) in [6.45, 7) is 9.94. The zero-order chi connectivity index (χ0) is 13.2. The van der Waals surface area contributed by atoms with Gasteiger partial charge in [-0.15, -0.1) is 11.3 Å². The summed E-state index contributed by atoms with van der Waals surface area (Å²) in [5.41, 5.74) is 1.70. The Morgan fingerprint density at radius 1 is 1.28 bits per heavy atom. The molecule has 0 spiro atoms. The average Bonchev–Trinajstić information content (AvgIpc) is 2.86. The molecule has 0 aromatic carbocycles. The van der Waals surface area contributed by atoms with Gasteiger partial charge in [0.2, 0.25) is 0 Å². The molecule has 1 aromatic rings. The second-order valence-corrected chi connectivity index (χ2v) is 7.46. The second-order valence-electron chi connectivity index (χ2n) is 6.17. The van der Waals surface area contributed by atoms with Crippen LogP contribution in [0, 0.1) is 19.3 Å². The van der Waals surface area contributed by atoms with E-state index in [2.05, 4.69) is 33.0 Å². The van der Waals surface area contributed by atoms with Gasteiger partial charge in [-0.2, -0.15) is 0 Å². The molecule has 3 heteroatoms. The highest BCUT2D eigenvalue weighted by Gasteiger charge is 2.34. The van der Waals surface area contributed by atoms with Gasteiger partial charge < -0.3 is 5.32 Å². The third-order valence-corrected chi connectivity index (χ3v) is 5.22. The Balaban J connectivity index is 2.05. The van der Waals surface area contributed by atoms with E-state index in [0.717, 1.165) is 6.54 Å². The van der Waals surface area contributed by atoms with Gasteiger partial charge in [-0.25, -0.2) is 4.98 Å². The molecule has 1 aliphatic carbocycles. The van der Waals surface area contributed by atoms with Gasteiger partial charge in [0.05, 0.1) is 10.7 Å². The number of hydrogen-bond acceptors (Lipinski definition) is 3. The van der Waals surface area contributed by atoms with Crippen LogP contribution < -0.4 is 5.32 Å². The summed E-state index contributed by atoms with van der Waals surface area (Å²) in [4.78, 5) is 6.12. The van der Waals surface area contributed by atoms with E-state index in [1.807, 2.05) is 11.3 Å². The topological polar surface area (TPSA) is 24.9 Å². The third-order valence-electron chi connectivity index (χ3n) is 4.15. The fourth-order valence-corrected chi connectivity index (χ4v) is 4.00. The fourth-order valence-electron chi connectivity index (χ4n) is 2.90. The smallest absolute Gasteiger partial charge is 0.0936 e. The monoisotopic (exact) mass is 266 g/mol. The molecule has 1 fully saturated rings. The Kier molecular flexibility index (Phi) is 4.44. The minimum Gasteiger partial charge on any atom is -0.314 e. The van der Waals surface area contributed by atoms with Crippen LogP contribution in [0.1, 0.15) is 55.1 Å². The van der Waals surface area contributed by atoms with Crippen LogP contribution in [0.15, 0.2) is 0 Å². The van der Waals surface area contributed by atoms with Crippen molar-refractivity contribution in [3.63, 3.8) is 0 Å². The van der Waals surface area contributed by atoms with E-state index in [1.165, 1.54) is 47.7 Å². The number of aromatic nitrogens is 1. The summed E-state index contributed by atoms with van der Waals surface area (Å²) in [5, 5.41) is 4.99. The van der Waals surface area contributed by atoms with Crippen molar-refractivity contribution in [1.82, 2.24) is 10.3 Å². The molecule has 1 saturated carbocycles. The first-order valence-corrected chi connectivity index (χ1v) is 7.99. The van der Waals surface area contributed by atoms with Gasteiger partial charge in [-0.3, -0.25) is 0 Å². The largest absolute Gasteiger partial charge is 0.314 e. The van der Waals surface area contributed by atoms with E-state index in [4.69, 9.17) is 4.98 Å². The van der Waals surface area contributed by atoms with Gasteiger partial charge >= 0.3 is 0 Å². The lowest BCUT2D eigenvalue weighted by atomic mass is 9.82. The van der Waals surface area contributed by atoms with Gasteiger partial charge in [0, 0.05) is 23.9 Å². The Morgan fingerprint density at radius 3 is 2.44 bits per heavy atom. The van der Waals surface area contributed by atoms with Crippen molar-refractivity contribution in [3.8, 4) is 0 Å². The van der Waals surface area contributed by atoms with Crippen LogP contribution in [0.25, 0.3) is 0 Å². The van der Waals surface area contributed by atoms with Gasteiger partial charge in [0.25, 0.3) is 0 Å². The molecular formula is C15H26N2S. The average molecular weight is 266 g/mol. The Morgan fingerprint density at radius 2 is 1.94 bits per heavy atom. The van der Waals surface area contributed by atoms with Crippen LogP contribution in [-0.2, 0) is 6.42 Å². The van der Waals surface area contributed by atoms with Gasteiger partial charge in [-0.05, 0) is 32.1 Å². The van der Waals surface area contributed by atoms with Crippen molar-refractivity contribution in [2.24, 2.45) is 5.41 Å². The second kappa shape index (κ2) is 5.70. The van der Waals surface area contributed by atoms with Crippen LogP contribution in [-0.4, -0.2) is 17.6 Å². The zero-order valence-corrected chi connectivity index (χ0v) is 13.0. The van der Waals surface area contributed by atoms with Crippen molar-refractivity contribution < 1.29 is 0 Å². The lowest BCUT2D eigenvalue weighted by molar-refractivity contribution is 0.268. The Bertz CT molecular complexity index is 370. The molecule has 2 rings (SSSR count). The number of rotatable bonds is 5. The van der Waals surface area contributed by atoms with E-state index in [1.54, 1.807) is 0 Å². The maximum Gasteiger partial charge on any atom is 0.0936 e. The molecule has 0 aliphatic heterocycles. The number of thiazole rings is 1. The van der Waals surface area contributed by atoms with E-state index in [-0.39, 0.29) is 0 Å². The van der Waals surface area contributed by atoms with Crippen LogP contribution in [0.3, 0.4) is 0 Å². The first-order valence-electron chi connectivity index (χ1n) is 7.17. The predicted octanol–water partition coefficient (Wildman–Crippen LogP) is 3.86. The maximum atomic E-state index is 4.74. The lowest BCUT2D eigenvalue weighted by Gasteiger charge is -2.29. The molecule has 1 aliphatic rings. The predicted molar refractivity (Wildman–Crippen MR) is 79.3 cm³/mol. The molecule has 102 valence electrons. The Labute approximate surface area is 115 Å². The molecule has 2 nitrogen and oxygen atoms in total. The molecule has 1 heterocycles. The zero-order valence-electron chi connectivity index (χ0n) is 12.2. The summed E-state index contributed by atoms with van der Waals surface area (Å²) in [7, 11) is 0. The fraction of sp³-hybridized carbons (Fsp3) is 0.800. The Hall–Kier alpha value is -0.410. The quantitative estimate of drug-likeness (QED) is 0.875. The van der Waals surface area contributed by atoms with E-state index in [0.29, 0.717) is 11.5 Å². The number of nitrogens with one attached hydrogen (secondary N) is 1. The third kappa shape index (κ3) is 3.33. The van der Waals surface area contributed by atoms with Gasteiger partial charge in [0.15, 0.2) is 0 Å². The highest BCUT2D eigenvalue weighted by molar-refractivity contribution is 7.11. The first-order chi connectivity index (χ1) is 8.51. The molecule has 0 bridgehead atoms. The summed E-state index contributed by atoms with van der Waals surface area (Å²) < 4.78 is 0. The van der Waals surface area contributed by atoms with Crippen molar-refractivity contribution >= 4 is 11.3 Å². The molecule has 1 aromatic heterocycles. The van der Waals surface area contributed by atoms with Crippen molar-refractivity contribution in [2.45, 2.75) is 65.8 Å². The molecule has 0 saturated heterocycles. The van der Waals surface area contributed by atoms with Crippen molar-refractivity contribution in [2.75, 3.05) is 6.54 Å².